The molecular weight excluding hydrogens is 271 g/mol. The second-order valence-electron chi connectivity index (χ2n) is 4.90. The van der Waals surface area contributed by atoms with E-state index in [9.17, 15) is 9.18 Å². The Morgan fingerprint density at radius 3 is 2.95 bits per heavy atom. The third kappa shape index (κ3) is 3.98. The first-order valence-electron chi connectivity index (χ1n) is 6.98. The summed E-state index contributed by atoms with van der Waals surface area (Å²) < 4.78 is 18.6. The summed E-state index contributed by atoms with van der Waals surface area (Å²) in [6, 6.07) is 6.64. The monoisotopic (exact) mass is 290 g/mol. The zero-order valence-corrected chi connectivity index (χ0v) is 12.3. The lowest BCUT2D eigenvalue weighted by Crippen LogP contribution is -2.22. The number of carbonyl (C=O) groups is 1. The van der Waals surface area contributed by atoms with E-state index in [1.165, 1.54) is 6.07 Å². The molecule has 1 heterocycles. The fourth-order valence-corrected chi connectivity index (χ4v) is 2.21. The van der Waals surface area contributed by atoms with E-state index in [-0.39, 0.29) is 11.8 Å². The molecule has 0 amide bonds. The van der Waals surface area contributed by atoms with Crippen LogP contribution in [-0.4, -0.2) is 36.1 Å². The minimum absolute atomic E-state index is 0.202. The number of carbonyl (C=O) groups excluding carboxylic acids is 1. The molecule has 5 heteroatoms. The fraction of sp³-hybridized carbons (Fsp3) is 0.375. The Balaban J connectivity index is 2.06. The summed E-state index contributed by atoms with van der Waals surface area (Å²) in [5, 5.41) is 0.522. The van der Waals surface area contributed by atoms with Crippen molar-refractivity contribution in [3.63, 3.8) is 0 Å². The fourth-order valence-electron chi connectivity index (χ4n) is 2.21. The number of pyridine rings is 1. The molecular formula is C16H19FN2O2. The molecule has 0 saturated carbocycles. The van der Waals surface area contributed by atoms with Gasteiger partial charge < -0.3 is 9.64 Å². The predicted molar refractivity (Wildman–Crippen MR) is 79.3 cm³/mol. The molecule has 2 aromatic rings. The SMILES string of the molecule is CCOC(=O)CCN(C)Cc1ccc(F)c2cccnc12. The van der Waals surface area contributed by atoms with Gasteiger partial charge in [-0.3, -0.25) is 9.78 Å². The van der Waals surface area contributed by atoms with Crippen LogP contribution < -0.4 is 0 Å². The zero-order valence-electron chi connectivity index (χ0n) is 12.3. The summed E-state index contributed by atoms with van der Waals surface area (Å²) in [4.78, 5) is 17.6. The first kappa shape index (κ1) is 15.4. The highest BCUT2D eigenvalue weighted by atomic mass is 19.1. The minimum atomic E-state index is -0.268. The third-order valence-corrected chi connectivity index (χ3v) is 3.24. The second kappa shape index (κ2) is 7.13. The molecule has 0 bridgehead atoms. The van der Waals surface area contributed by atoms with Crippen LogP contribution in [0.15, 0.2) is 30.5 Å². The van der Waals surface area contributed by atoms with Gasteiger partial charge in [-0.15, -0.1) is 0 Å². The second-order valence-corrected chi connectivity index (χ2v) is 4.90. The van der Waals surface area contributed by atoms with E-state index in [2.05, 4.69) is 4.98 Å². The average Bonchev–Trinajstić information content (AvgIpc) is 2.49. The van der Waals surface area contributed by atoms with Crippen LogP contribution in [-0.2, 0) is 16.1 Å². The van der Waals surface area contributed by atoms with Crippen molar-refractivity contribution in [1.29, 1.82) is 0 Å². The number of fused-ring (bicyclic) bond motifs is 1. The Labute approximate surface area is 123 Å². The van der Waals surface area contributed by atoms with Gasteiger partial charge in [0.05, 0.1) is 18.5 Å². The molecule has 4 nitrogen and oxygen atoms in total. The van der Waals surface area contributed by atoms with Gasteiger partial charge in [0, 0.05) is 24.7 Å². The van der Waals surface area contributed by atoms with Gasteiger partial charge in [0.1, 0.15) is 5.82 Å². The van der Waals surface area contributed by atoms with Crippen molar-refractivity contribution in [2.75, 3.05) is 20.2 Å². The van der Waals surface area contributed by atoms with Gasteiger partial charge in [-0.25, -0.2) is 4.39 Å². The van der Waals surface area contributed by atoms with Gasteiger partial charge >= 0.3 is 5.97 Å². The van der Waals surface area contributed by atoms with E-state index in [1.807, 2.05) is 11.9 Å². The maximum absolute atomic E-state index is 13.7. The standard InChI is InChI=1S/C16H19FN2O2/c1-3-21-15(20)8-10-19(2)11-12-6-7-14(17)13-5-4-9-18-16(12)13/h4-7,9H,3,8,10-11H2,1-2H3. The van der Waals surface area contributed by atoms with E-state index in [1.54, 1.807) is 31.3 Å². The quantitative estimate of drug-likeness (QED) is 0.767. The van der Waals surface area contributed by atoms with E-state index in [0.717, 1.165) is 5.56 Å². The van der Waals surface area contributed by atoms with E-state index in [4.69, 9.17) is 4.74 Å². The van der Waals surface area contributed by atoms with Gasteiger partial charge in [-0.2, -0.15) is 0 Å². The minimum Gasteiger partial charge on any atom is -0.466 e. The van der Waals surface area contributed by atoms with Crippen molar-refractivity contribution < 1.29 is 13.9 Å². The van der Waals surface area contributed by atoms with E-state index >= 15 is 0 Å². The maximum Gasteiger partial charge on any atom is 0.307 e. The molecule has 0 fully saturated rings. The molecule has 0 N–H and O–H groups in total. The summed E-state index contributed by atoms with van der Waals surface area (Å²) >= 11 is 0. The molecule has 0 aliphatic rings. The van der Waals surface area contributed by atoms with Crippen molar-refractivity contribution >= 4 is 16.9 Å². The van der Waals surface area contributed by atoms with Crippen molar-refractivity contribution in [3.05, 3.63) is 41.8 Å². The van der Waals surface area contributed by atoms with Crippen LogP contribution in [0.3, 0.4) is 0 Å². The van der Waals surface area contributed by atoms with Crippen LogP contribution in [0.2, 0.25) is 0 Å². The number of ether oxygens (including phenoxy) is 1. The van der Waals surface area contributed by atoms with Crippen molar-refractivity contribution in [2.24, 2.45) is 0 Å². The Bertz CT molecular complexity index is 631. The van der Waals surface area contributed by atoms with Crippen LogP contribution in [0.25, 0.3) is 10.9 Å². The van der Waals surface area contributed by atoms with Crippen LogP contribution in [0, 0.1) is 5.82 Å². The van der Waals surface area contributed by atoms with Crippen LogP contribution in [0.4, 0.5) is 4.39 Å². The number of benzene rings is 1. The molecule has 112 valence electrons. The average molecular weight is 290 g/mol. The highest BCUT2D eigenvalue weighted by Crippen LogP contribution is 2.20. The molecule has 0 radical (unpaired) electrons. The summed E-state index contributed by atoms with van der Waals surface area (Å²) in [7, 11) is 1.91. The van der Waals surface area contributed by atoms with Crippen molar-refractivity contribution in [3.8, 4) is 0 Å². The normalized spacial score (nSPS) is 11.0. The summed E-state index contributed by atoms with van der Waals surface area (Å²) in [6.45, 7) is 3.38. The molecule has 0 atom stereocenters. The Morgan fingerprint density at radius 1 is 1.38 bits per heavy atom. The molecule has 0 aliphatic carbocycles. The maximum atomic E-state index is 13.7. The summed E-state index contributed by atoms with van der Waals surface area (Å²) in [6.07, 6.45) is 2.00. The molecule has 1 aromatic heterocycles. The van der Waals surface area contributed by atoms with Crippen LogP contribution in [0.1, 0.15) is 18.9 Å². The molecule has 0 saturated heterocycles. The predicted octanol–water partition coefficient (Wildman–Crippen LogP) is 2.76. The number of hydrogen-bond donors (Lipinski definition) is 0. The zero-order chi connectivity index (χ0) is 15.2. The lowest BCUT2D eigenvalue weighted by Gasteiger charge is -2.17. The Morgan fingerprint density at radius 2 is 2.19 bits per heavy atom. The van der Waals surface area contributed by atoms with Gasteiger partial charge in [0.2, 0.25) is 0 Å². The summed E-state index contributed by atoms with van der Waals surface area (Å²) in [5.74, 6) is -0.470. The number of rotatable bonds is 6. The van der Waals surface area contributed by atoms with Crippen LogP contribution in [0.5, 0.6) is 0 Å². The largest absolute Gasteiger partial charge is 0.466 e. The number of esters is 1. The Hall–Kier alpha value is -2.01. The number of hydrogen-bond acceptors (Lipinski definition) is 4. The first-order chi connectivity index (χ1) is 10.1. The van der Waals surface area contributed by atoms with Gasteiger partial charge in [0.25, 0.3) is 0 Å². The summed E-state index contributed by atoms with van der Waals surface area (Å²) in [5.41, 5.74) is 1.61. The number of aromatic nitrogens is 1. The molecule has 1 aromatic carbocycles. The highest BCUT2D eigenvalue weighted by Gasteiger charge is 2.10. The molecule has 2 rings (SSSR count). The van der Waals surface area contributed by atoms with Gasteiger partial charge in [0.15, 0.2) is 0 Å². The molecule has 0 spiro atoms. The molecule has 0 unspecified atom stereocenters. The van der Waals surface area contributed by atoms with Crippen LogP contribution >= 0.6 is 0 Å². The van der Waals surface area contributed by atoms with Gasteiger partial charge in [-0.1, -0.05) is 6.07 Å². The lowest BCUT2D eigenvalue weighted by atomic mass is 10.1. The topological polar surface area (TPSA) is 42.4 Å². The van der Waals surface area contributed by atoms with E-state index < -0.39 is 0 Å². The smallest absolute Gasteiger partial charge is 0.307 e. The molecule has 21 heavy (non-hydrogen) atoms. The van der Waals surface area contributed by atoms with Gasteiger partial charge in [-0.05, 0) is 37.7 Å². The lowest BCUT2D eigenvalue weighted by molar-refractivity contribution is -0.143. The van der Waals surface area contributed by atoms with E-state index in [0.29, 0.717) is 37.0 Å². The number of nitrogens with zero attached hydrogens (tertiary/aromatic N) is 2. The van der Waals surface area contributed by atoms with Crippen molar-refractivity contribution in [2.45, 2.75) is 19.9 Å². The Kier molecular flexibility index (Phi) is 5.22. The van der Waals surface area contributed by atoms with Crippen molar-refractivity contribution in [1.82, 2.24) is 9.88 Å². The number of halogens is 1. The highest BCUT2D eigenvalue weighted by molar-refractivity contribution is 5.82. The first-order valence-corrected chi connectivity index (χ1v) is 6.98. The third-order valence-electron chi connectivity index (χ3n) is 3.24. The molecule has 0 aliphatic heterocycles.